The topological polar surface area (TPSA) is 54.9 Å². The van der Waals surface area contributed by atoms with E-state index < -0.39 is 5.69 Å². The normalized spacial score (nSPS) is 10.7. The first-order chi connectivity index (χ1) is 8.09. The molecule has 0 aliphatic carbocycles. The minimum absolute atomic E-state index is 0.117. The Hall–Kier alpha value is -1.33. The van der Waals surface area contributed by atoms with E-state index in [2.05, 4.69) is 4.98 Å². The Bertz CT molecular complexity index is 628. The van der Waals surface area contributed by atoms with Gasteiger partial charge < -0.3 is 0 Å². The zero-order chi connectivity index (χ0) is 12.4. The standard InChI is InChI=1S/C11H11ClN2O2S/c1-7-9(12)13-11(16)14(10(7)15)4-2-8-3-5-17-6-8/h3,5-6H,2,4H2,1H3,(H,13,16). The number of thiophene rings is 1. The third-order valence-corrected chi connectivity index (χ3v) is 3.67. The average Bonchev–Trinajstić information content (AvgIpc) is 2.79. The molecule has 2 aromatic rings. The van der Waals surface area contributed by atoms with Gasteiger partial charge in [0.15, 0.2) is 0 Å². The van der Waals surface area contributed by atoms with Gasteiger partial charge >= 0.3 is 5.69 Å². The molecular weight excluding hydrogens is 260 g/mol. The van der Waals surface area contributed by atoms with Crippen LogP contribution in [0, 0.1) is 6.92 Å². The molecule has 2 rings (SSSR count). The van der Waals surface area contributed by atoms with E-state index >= 15 is 0 Å². The predicted octanol–water partition coefficient (Wildman–Crippen LogP) is 1.80. The molecule has 0 saturated heterocycles. The second-order valence-electron chi connectivity index (χ2n) is 3.71. The number of nitrogens with one attached hydrogen (secondary N) is 1. The van der Waals surface area contributed by atoms with Gasteiger partial charge in [-0.15, -0.1) is 0 Å². The monoisotopic (exact) mass is 270 g/mol. The van der Waals surface area contributed by atoms with Crippen molar-refractivity contribution in [1.82, 2.24) is 9.55 Å². The Morgan fingerprint density at radius 2 is 2.24 bits per heavy atom. The summed E-state index contributed by atoms with van der Waals surface area (Å²) in [6.07, 6.45) is 0.660. The maximum absolute atomic E-state index is 11.8. The van der Waals surface area contributed by atoms with Crippen LogP contribution in [0.5, 0.6) is 0 Å². The summed E-state index contributed by atoms with van der Waals surface area (Å²) < 4.78 is 1.18. The van der Waals surface area contributed by atoms with Gasteiger partial charge in [-0.1, -0.05) is 11.6 Å². The van der Waals surface area contributed by atoms with Crippen molar-refractivity contribution in [3.8, 4) is 0 Å². The molecule has 0 saturated carbocycles. The lowest BCUT2D eigenvalue weighted by Crippen LogP contribution is -2.37. The van der Waals surface area contributed by atoms with Crippen LogP contribution >= 0.6 is 22.9 Å². The number of hydrogen-bond acceptors (Lipinski definition) is 3. The number of aromatic nitrogens is 2. The summed E-state index contributed by atoms with van der Waals surface area (Å²) in [5.41, 5.74) is 0.709. The molecule has 0 aliphatic rings. The molecule has 0 unspecified atom stereocenters. The van der Waals surface area contributed by atoms with Crippen molar-refractivity contribution >= 4 is 22.9 Å². The van der Waals surface area contributed by atoms with E-state index in [4.69, 9.17) is 11.6 Å². The summed E-state index contributed by atoms with van der Waals surface area (Å²) in [5, 5.41) is 4.09. The third kappa shape index (κ3) is 2.50. The fraction of sp³-hybridized carbons (Fsp3) is 0.273. The second-order valence-corrected chi connectivity index (χ2v) is 4.87. The van der Waals surface area contributed by atoms with Gasteiger partial charge in [0.1, 0.15) is 5.15 Å². The molecule has 0 amide bonds. The van der Waals surface area contributed by atoms with E-state index in [-0.39, 0.29) is 10.7 Å². The van der Waals surface area contributed by atoms with Gasteiger partial charge in [-0.05, 0) is 35.7 Å². The molecule has 90 valence electrons. The SMILES string of the molecule is Cc1c(Cl)[nH]c(=O)n(CCc2ccsc2)c1=O. The van der Waals surface area contributed by atoms with Crippen LogP contribution in [0.2, 0.25) is 5.15 Å². The van der Waals surface area contributed by atoms with Crippen molar-refractivity contribution in [1.29, 1.82) is 0 Å². The molecule has 6 heteroatoms. The smallest absolute Gasteiger partial charge is 0.297 e. The maximum Gasteiger partial charge on any atom is 0.329 e. The lowest BCUT2D eigenvalue weighted by molar-refractivity contribution is 0.623. The summed E-state index contributed by atoms with van der Waals surface area (Å²) in [6, 6.07) is 1.98. The van der Waals surface area contributed by atoms with E-state index in [0.29, 0.717) is 18.5 Å². The highest BCUT2D eigenvalue weighted by Crippen LogP contribution is 2.07. The minimum Gasteiger partial charge on any atom is -0.297 e. The zero-order valence-corrected chi connectivity index (χ0v) is 10.8. The van der Waals surface area contributed by atoms with E-state index in [1.165, 1.54) is 4.57 Å². The molecule has 0 radical (unpaired) electrons. The van der Waals surface area contributed by atoms with Crippen LogP contribution in [0.1, 0.15) is 11.1 Å². The number of halogens is 1. The third-order valence-electron chi connectivity index (χ3n) is 2.56. The number of hydrogen-bond donors (Lipinski definition) is 1. The summed E-state index contributed by atoms with van der Waals surface area (Å²) >= 11 is 7.32. The summed E-state index contributed by atoms with van der Waals surface area (Å²) in [5.74, 6) is 0. The van der Waals surface area contributed by atoms with Crippen LogP contribution in [-0.2, 0) is 13.0 Å². The van der Waals surface area contributed by atoms with E-state index in [1.807, 2.05) is 16.8 Å². The molecule has 0 bridgehead atoms. The first kappa shape index (κ1) is 12.1. The molecule has 2 heterocycles. The summed E-state index contributed by atoms with van der Waals surface area (Å²) in [6.45, 7) is 1.96. The van der Waals surface area contributed by atoms with Crippen LogP contribution in [0.15, 0.2) is 26.4 Å². The average molecular weight is 271 g/mol. The predicted molar refractivity (Wildman–Crippen MR) is 69.1 cm³/mol. The van der Waals surface area contributed by atoms with E-state index in [1.54, 1.807) is 18.3 Å². The Kier molecular flexibility index (Phi) is 3.49. The molecule has 4 nitrogen and oxygen atoms in total. The van der Waals surface area contributed by atoms with Gasteiger partial charge in [-0.2, -0.15) is 11.3 Å². The van der Waals surface area contributed by atoms with Gasteiger partial charge in [0, 0.05) is 12.1 Å². The van der Waals surface area contributed by atoms with Gasteiger partial charge in [-0.25, -0.2) is 4.79 Å². The van der Waals surface area contributed by atoms with Crippen molar-refractivity contribution in [2.45, 2.75) is 19.9 Å². The van der Waals surface area contributed by atoms with Crippen LogP contribution in [0.3, 0.4) is 0 Å². The summed E-state index contributed by atoms with van der Waals surface area (Å²) in [7, 11) is 0. The number of aryl methyl sites for hydroxylation is 1. The van der Waals surface area contributed by atoms with E-state index in [9.17, 15) is 9.59 Å². The van der Waals surface area contributed by atoms with Gasteiger partial charge in [0.05, 0.1) is 0 Å². The zero-order valence-electron chi connectivity index (χ0n) is 9.20. The first-order valence-electron chi connectivity index (χ1n) is 5.10. The fourth-order valence-corrected chi connectivity index (χ4v) is 2.39. The van der Waals surface area contributed by atoms with Crippen LogP contribution < -0.4 is 11.2 Å². The van der Waals surface area contributed by atoms with E-state index in [0.717, 1.165) is 5.56 Å². The van der Waals surface area contributed by atoms with Gasteiger partial charge in [-0.3, -0.25) is 14.3 Å². The quantitative estimate of drug-likeness (QED) is 0.865. The Morgan fingerprint density at radius 3 is 2.88 bits per heavy atom. The molecule has 0 aliphatic heterocycles. The number of rotatable bonds is 3. The minimum atomic E-state index is -0.458. The highest BCUT2D eigenvalue weighted by molar-refractivity contribution is 7.07. The van der Waals surface area contributed by atoms with Crippen molar-refractivity contribution in [2.24, 2.45) is 0 Å². The largest absolute Gasteiger partial charge is 0.329 e. The lowest BCUT2D eigenvalue weighted by atomic mass is 10.2. The highest BCUT2D eigenvalue weighted by atomic mass is 35.5. The number of nitrogens with zero attached hydrogens (tertiary/aromatic N) is 1. The van der Waals surface area contributed by atoms with Crippen molar-refractivity contribution < 1.29 is 0 Å². The van der Waals surface area contributed by atoms with Crippen LogP contribution in [0.25, 0.3) is 0 Å². The van der Waals surface area contributed by atoms with Gasteiger partial charge in [0.25, 0.3) is 5.56 Å². The molecule has 0 atom stereocenters. The Morgan fingerprint density at radius 1 is 1.47 bits per heavy atom. The van der Waals surface area contributed by atoms with Crippen LogP contribution in [-0.4, -0.2) is 9.55 Å². The fourth-order valence-electron chi connectivity index (χ4n) is 1.52. The molecular formula is C11H11ClN2O2S. The summed E-state index contributed by atoms with van der Waals surface area (Å²) in [4.78, 5) is 25.9. The Balaban J connectivity index is 2.31. The van der Waals surface area contributed by atoms with Gasteiger partial charge in [0.2, 0.25) is 0 Å². The molecule has 0 fully saturated rings. The Labute approximate surface area is 106 Å². The number of H-pyrrole nitrogens is 1. The maximum atomic E-state index is 11.8. The van der Waals surface area contributed by atoms with Crippen LogP contribution in [0.4, 0.5) is 0 Å². The molecule has 0 spiro atoms. The molecule has 1 N–H and O–H groups in total. The molecule has 0 aromatic carbocycles. The first-order valence-corrected chi connectivity index (χ1v) is 6.42. The lowest BCUT2D eigenvalue weighted by Gasteiger charge is -2.05. The number of aromatic amines is 1. The van der Waals surface area contributed by atoms with Crippen molar-refractivity contribution in [2.75, 3.05) is 0 Å². The molecule has 17 heavy (non-hydrogen) atoms. The highest BCUT2D eigenvalue weighted by Gasteiger charge is 2.08. The second kappa shape index (κ2) is 4.89. The van der Waals surface area contributed by atoms with Crippen molar-refractivity contribution in [3.05, 3.63) is 53.9 Å². The van der Waals surface area contributed by atoms with Crippen molar-refractivity contribution in [3.63, 3.8) is 0 Å². The molecule has 2 aromatic heterocycles.